The Morgan fingerprint density at radius 1 is 1.13 bits per heavy atom. The van der Waals surface area contributed by atoms with E-state index in [-0.39, 0.29) is 5.91 Å². The Labute approximate surface area is 179 Å². The second-order valence-electron chi connectivity index (χ2n) is 6.88. The third kappa shape index (κ3) is 3.57. The maximum atomic E-state index is 13.4. The fourth-order valence-electron chi connectivity index (χ4n) is 3.65. The Kier molecular flexibility index (Phi) is 5.33. The maximum absolute atomic E-state index is 13.4. The number of nitrogens with one attached hydrogen (secondary N) is 4. The van der Waals surface area contributed by atoms with Crippen molar-refractivity contribution in [2.45, 2.75) is 13.0 Å². The number of benzene rings is 2. The van der Waals surface area contributed by atoms with E-state index in [0.29, 0.717) is 33.6 Å². The topological polar surface area (TPSA) is 87.4 Å². The molecule has 4 N–H and O–H groups in total. The fourth-order valence-corrected chi connectivity index (χ4v) is 3.92. The normalized spacial score (nSPS) is 16.1. The van der Waals surface area contributed by atoms with Crippen molar-refractivity contribution in [3.63, 3.8) is 0 Å². The van der Waals surface area contributed by atoms with Gasteiger partial charge in [-0.25, -0.2) is 0 Å². The molecule has 0 saturated carbocycles. The Morgan fingerprint density at radius 3 is 2.70 bits per heavy atom. The number of aromatic amines is 1. The third-order valence-electron chi connectivity index (χ3n) is 5.10. The standard InChI is InChI=1S/C22H22N4O3S/c1-12-19(21(27)25-17-9-8-13(28-2)10-18(17)29-3)20(26-22(30)24-12)15-11-23-16-7-5-4-6-14(15)16/h4-11,20,23H,1-3H3,(H,25,27)(H2,24,26,30). The molecule has 3 aromatic rings. The highest BCUT2D eigenvalue weighted by atomic mass is 32.1. The van der Waals surface area contributed by atoms with Crippen molar-refractivity contribution in [1.29, 1.82) is 0 Å². The lowest BCUT2D eigenvalue weighted by Gasteiger charge is -2.30. The molecule has 1 amide bonds. The van der Waals surface area contributed by atoms with Crippen molar-refractivity contribution >= 4 is 39.8 Å². The number of methoxy groups -OCH3 is 2. The summed E-state index contributed by atoms with van der Waals surface area (Å²) in [5.74, 6) is 0.897. The molecule has 2 heterocycles. The van der Waals surface area contributed by atoms with Crippen LogP contribution in [0.5, 0.6) is 11.5 Å². The highest BCUT2D eigenvalue weighted by Gasteiger charge is 2.31. The minimum Gasteiger partial charge on any atom is -0.497 e. The van der Waals surface area contributed by atoms with Gasteiger partial charge < -0.3 is 30.4 Å². The predicted molar refractivity (Wildman–Crippen MR) is 121 cm³/mol. The number of H-pyrrole nitrogens is 1. The third-order valence-corrected chi connectivity index (χ3v) is 5.32. The van der Waals surface area contributed by atoms with Crippen LogP contribution in [0.3, 0.4) is 0 Å². The molecule has 2 aromatic carbocycles. The zero-order valence-corrected chi connectivity index (χ0v) is 17.6. The van der Waals surface area contributed by atoms with Crippen LogP contribution in [0.4, 0.5) is 5.69 Å². The summed E-state index contributed by atoms with van der Waals surface area (Å²) in [6, 6.07) is 12.8. The average Bonchev–Trinajstić information content (AvgIpc) is 3.17. The Hall–Kier alpha value is -3.52. The van der Waals surface area contributed by atoms with Gasteiger partial charge in [0.25, 0.3) is 5.91 Å². The number of carbonyl (C=O) groups is 1. The molecule has 1 atom stereocenters. The summed E-state index contributed by atoms with van der Waals surface area (Å²) < 4.78 is 10.6. The molecule has 8 heteroatoms. The van der Waals surface area contributed by atoms with Gasteiger partial charge in [0.2, 0.25) is 0 Å². The second-order valence-corrected chi connectivity index (χ2v) is 7.29. The quantitative estimate of drug-likeness (QED) is 0.470. The highest BCUT2D eigenvalue weighted by Crippen LogP contribution is 2.34. The Morgan fingerprint density at radius 2 is 1.93 bits per heavy atom. The van der Waals surface area contributed by atoms with E-state index in [1.54, 1.807) is 32.4 Å². The van der Waals surface area contributed by atoms with Gasteiger partial charge in [0.15, 0.2) is 5.11 Å². The van der Waals surface area contributed by atoms with Crippen LogP contribution in [0, 0.1) is 0 Å². The molecule has 4 rings (SSSR count). The van der Waals surface area contributed by atoms with Gasteiger partial charge in [-0.2, -0.15) is 0 Å². The average molecular weight is 423 g/mol. The minimum absolute atomic E-state index is 0.256. The van der Waals surface area contributed by atoms with Crippen molar-refractivity contribution in [3.8, 4) is 11.5 Å². The molecule has 1 aromatic heterocycles. The number of carbonyl (C=O) groups excluding carboxylic acids is 1. The van der Waals surface area contributed by atoms with E-state index in [4.69, 9.17) is 21.7 Å². The summed E-state index contributed by atoms with van der Waals surface area (Å²) in [7, 11) is 3.13. The Balaban J connectivity index is 1.72. The molecule has 0 saturated heterocycles. The molecule has 7 nitrogen and oxygen atoms in total. The van der Waals surface area contributed by atoms with E-state index in [1.807, 2.05) is 37.4 Å². The van der Waals surface area contributed by atoms with Crippen LogP contribution in [0.25, 0.3) is 10.9 Å². The first kappa shape index (κ1) is 19.8. The van der Waals surface area contributed by atoms with Crippen molar-refractivity contribution in [2.24, 2.45) is 0 Å². The van der Waals surface area contributed by atoms with Gasteiger partial charge >= 0.3 is 0 Å². The predicted octanol–water partition coefficient (Wildman–Crippen LogP) is 3.62. The summed E-state index contributed by atoms with van der Waals surface area (Å²) in [6.07, 6.45) is 1.91. The fraction of sp³-hybridized carbons (Fsp3) is 0.182. The summed E-state index contributed by atoms with van der Waals surface area (Å²) in [5.41, 5.74) is 3.73. The van der Waals surface area contributed by atoms with Crippen molar-refractivity contribution in [2.75, 3.05) is 19.5 Å². The maximum Gasteiger partial charge on any atom is 0.255 e. The lowest BCUT2D eigenvalue weighted by Crippen LogP contribution is -2.45. The van der Waals surface area contributed by atoms with Gasteiger partial charge in [-0.1, -0.05) is 18.2 Å². The molecular formula is C22H22N4O3S. The van der Waals surface area contributed by atoms with Gasteiger partial charge in [0, 0.05) is 34.4 Å². The molecule has 30 heavy (non-hydrogen) atoms. The van der Waals surface area contributed by atoms with Gasteiger partial charge in [-0.3, -0.25) is 4.79 Å². The van der Waals surface area contributed by atoms with Crippen LogP contribution in [0.2, 0.25) is 0 Å². The number of anilines is 1. The van der Waals surface area contributed by atoms with Crippen molar-refractivity contribution in [1.82, 2.24) is 15.6 Å². The first-order chi connectivity index (χ1) is 14.5. The molecule has 0 spiro atoms. The van der Waals surface area contributed by atoms with Gasteiger partial charge in [0.05, 0.1) is 31.5 Å². The summed E-state index contributed by atoms with van der Waals surface area (Å²) >= 11 is 5.36. The number of para-hydroxylation sites is 1. The number of aromatic nitrogens is 1. The summed E-state index contributed by atoms with van der Waals surface area (Å²) in [5, 5.41) is 10.8. The van der Waals surface area contributed by atoms with E-state index < -0.39 is 6.04 Å². The van der Waals surface area contributed by atoms with Crippen LogP contribution >= 0.6 is 12.2 Å². The van der Waals surface area contributed by atoms with Crippen molar-refractivity contribution < 1.29 is 14.3 Å². The van der Waals surface area contributed by atoms with E-state index in [1.165, 1.54) is 0 Å². The number of thiocarbonyl (C=S) groups is 1. The molecule has 1 aliphatic heterocycles. The molecule has 1 unspecified atom stereocenters. The molecule has 154 valence electrons. The van der Waals surface area contributed by atoms with Crippen LogP contribution < -0.4 is 25.4 Å². The number of hydrogen-bond donors (Lipinski definition) is 4. The lowest BCUT2D eigenvalue weighted by molar-refractivity contribution is -0.113. The molecule has 1 aliphatic rings. The number of rotatable bonds is 5. The first-order valence-corrected chi connectivity index (χ1v) is 9.80. The Bertz CT molecular complexity index is 1170. The molecular weight excluding hydrogens is 400 g/mol. The zero-order chi connectivity index (χ0) is 21.3. The highest BCUT2D eigenvalue weighted by molar-refractivity contribution is 7.80. The van der Waals surface area contributed by atoms with Gasteiger partial charge in [-0.05, 0) is 37.3 Å². The monoisotopic (exact) mass is 422 g/mol. The number of allylic oxidation sites excluding steroid dienone is 1. The number of hydrogen-bond acceptors (Lipinski definition) is 4. The van der Waals surface area contributed by atoms with Crippen molar-refractivity contribution in [3.05, 3.63) is 65.5 Å². The number of fused-ring (bicyclic) bond motifs is 1. The summed E-state index contributed by atoms with van der Waals surface area (Å²) in [6.45, 7) is 1.84. The van der Waals surface area contributed by atoms with E-state index in [9.17, 15) is 4.79 Å². The largest absolute Gasteiger partial charge is 0.497 e. The lowest BCUT2D eigenvalue weighted by atomic mass is 9.94. The molecule has 0 fully saturated rings. The summed E-state index contributed by atoms with van der Waals surface area (Å²) in [4.78, 5) is 16.6. The first-order valence-electron chi connectivity index (χ1n) is 9.39. The zero-order valence-electron chi connectivity index (χ0n) is 16.8. The molecule has 0 radical (unpaired) electrons. The van der Waals surface area contributed by atoms with E-state index >= 15 is 0 Å². The van der Waals surface area contributed by atoms with Crippen LogP contribution in [0.1, 0.15) is 18.5 Å². The van der Waals surface area contributed by atoms with Crippen LogP contribution in [-0.2, 0) is 4.79 Å². The minimum atomic E-state index is -0.404. The molecule has 0 bridgehead atoms. The SMILES string of the molecule is COc1ccc(NC(=O)C2=C(C)NC(=S)NC2c2c[nH]c3ccccc23)c(OC)c1. The van der Waals surface area contributed by atoms with Crippen LogP contribution in [-0.4, -0.2) is 30.2 Å². The van der Waals surface area contributed by atoms with Crippen LogP contribution in [0.15, 0.2) is 59.9 Å². The molecule has 0 aliphatic carbocycles. The van der Waals surface area contributed by atoms with Gasteiger partial charge in [-0.15, -0.1) is 0 Å². The smallest absolute Gasteiger partial charge is 0.255 e. The van der Waals surface area contributed by atoms with E-state index in [2.05, 4.69) is 20.9 Å². The number of amides is 1. The van der Waals surface area contributed by atoms with Gasteiger partial charge in [0.1, 0.15) is 11.5 Å². The second kappa shape index (κ2) is 8.08. The van der Waals surface area contributed by atoms with E-state index in [0.717, 1.165) is 16.5 Å². The number of ether oxygens (including phenoxy) is 2.